The van der Waals surface area contributed by atoms with Crippen molar-refractivity contribution in [2.24, 2.45) is 0 Å². The lowest BCUT2D eigenvalue weighted by molar-refractivity contribution is 0.660. The highest BCUT2D eigenvalue weighted by atomic mass is 15.1. The van der Waals surface area contributed by atoms with E-state index in [2.05, 4.69) is 267 Å². The molecule has 0 saturated carbocycles. The second-order valence-corrected chi connectivity index (χ2v) is 17.9. The van der Waals surface area contributed by atoms with Gasteiger partial charge in [0.25, 0.3) is 0 Å². The molecule has 2 aliphatic carbocycles. The van der Waals surface area contributed by atoms with Crippen molar-refractivity contribution in [3.05, 3.63) is 282 Å². The van der Waals surface area contributed by atoms with Crippen LogP contribution in [0.1, 0.15) is 47.2 Å². The minimum Gasteiger partial charge on any atom is -0.309 e. The lowest BCUT2D eigenvalue weighted by Crippen LogP contribution is -2.28. The Labute approximate surface area is 382 Å². The van der Waals surface area contributed by atoms with Gasteiger partial charge in [0, 0.05) is 22.2 Å². The van der Waals surface area contributed by atoms with E-state index in [1.54, 1.807) is 0 Å². The fourth-order valence-electron chi connectivity index (χ4n) is 11.3. The first-order valence-corrected chi connectivity index (χ1v) is 22.8. The fourth-order valence-corrected chi connectivity index (χ4v) is 11.3. The molecule has 0 saturated heterocycles. The van der Waals surface area contributed by atoms with Crippen molar-refractivity contribution < 1.29 is 0 Å². The van der Waals surface area contributed by atoms with E-state index < -0.39 is 5.41 Å². The predicted octanol–water partition coefficient (Wildman–Crippen LogP) is 16.8. The molecule has 308 valence electrons. The van der Waals surface area contributed by atoms with Gasteiger partial charge in [-0.05, 0) is 102 Å². The van der Waals surface area contributed by atoms with Gasteiger partial charge in [-0.2, -0.15) is 0 Å². The Morgan fingerprint density at radius 2 is 0.738 bits per heavy atom. The highest BCUT2D eigenvalue weighted by Gasteiger charge is 2.46. The van der Waals surface area contributed by atoms with Gasteiger partial charge in [0.05, 0.1) is 16.8 Å². The molecular formula is C64H47N. The van der Waals surface area contributed by atoms with Crippen LogP contribution in [0.3, 0.4) is 0 Å². The minimum atomic E-state index is -0.551. The Morgan fingerprint density at radius 3 is 1.38 bits per heavy atom. The van der Waals surface area contributed by atoms with Gasteiger partial charge in [-0.15, -0.1) is 0 Å². The van der Waals surface area contributed by atoms with Crippen LogP contribution >= 0.6 is 0 Å². The smallest absolute Gasteiger partial charge is 0.0714 e. The second-order valence-electron chi connectivity index (χ2n) is 17.9. The van der Waals surface area contributed by atoms with Crippen molar-refractivity contribution in [2.75, 3.05) is 4.90 Å². The summed E-state index contributed by atoms with van der Waals surface area (Å²) in [4.78, 5) is 2.54. The molecule has 65 heavy (non-hydrogen) atoms. The summed E-state index contributed by atoms with van der Waals surface area (Å²) < 4.78 is 0. The highest BCUT2D eigenvalue weighted by Crippen LogP contribution is 2.59. The van der Waals surface area contributed by atoms with Gasteiger partial charge in [-0.25, -0.2) is 0 Å². The topological polar surface area (TPSA) is 3.24 Å². The van der Waals surface area contributed by atoms with E-state index >= 15 is 0 Å². The predicted molar refractivity (Wildman–Crippen MR) is 272 cm³/mol. The fraction of sp³-hybridized carbons (Fsp3) is 0.0625. The molecule has 10 aromatic carbocycles. The maximum atomic E-state index is 2.54. The van der Waals surface area contributed by atoms with Crippen molar-refractivity contribution in [3.63, 3.8) is 0 Å². The first kappa shape index (κ1) is 38.7. The summed E-state index contributed by atoms with van der Waals surface area (Å²) >= 11 is 0. The van der Waals surface area contributed by atoms with Gasteiger partial charge >= 0.3 is 0 Å². The number of anilines is 3. The van der Waals surface area contributed by atoms with Crippen LogP contribution < -0.4 is 4.90 Å². The second kappa shape index (κ2) is 15.4. The Balaban J connectivity index is 1.17. The lowest BCUT2D eigenvalue weighted by Gasteiger charge is -2.35. The standard InChI is InChI=1S/C64H47N/c1-63(2)56-36-18-15-34-55(56)62-54(35-22-38-58(62)63)53-33-17-21-40-61(53)65(60-39-20-16-32-52(60)49-30-13-12-29-48(49)44-23-6-3-7-24-44)47-41-42-51-50-31-14-19-37-57(50)64(59(51)43-47,45-25-8-4-9-26-45)46-27-10-5-11-28-46/h3-43H,1-2H3. The summed E-state index contributed by atoms with van der Waals surface area (Å²) in [6.45, 7) is 4.74. The first-order chi connectivity index (χ1) is 32.0. The van der Waals surface area contributed by atoms with Crippen molar-refractivity contribution in [2.45, 2.75) is 24.7 Å². The Morgan fingerprint density at radius 1 is 0.292 bits per heavy atom. The molecule has 0 unspecified atom stereocenters. The van der Waals surface area contributed by atoms with Crippen LogP contribution in [-0.4, -0.2) is 0 Å². The van der Waals surface area contributed by atoms with Gasteiger partial charge in [0.2, 0.25) is 0 Å². The summed E-state index contributed by atoms with van der Waals surface area (Å²) in [5, 5.41) is 0. The van der Waals surface area contributed by atoms with Crippen molar-refractivity contribution in [3.8, 4) is 55.6 Å². The molecule has 12 rings (SSSR count). The van der Waals surface area contributed by atoms with Crippen molar-refractivity contribution in [1.29, 1.82) is 0 Å². The molecule has 0 fully saturated rings. The molecular weight excluding hydrogens is 783 g/mol. The van der Waals surface area contributed by atoms with Crippen LogP contribution in [0.25, 0.3) is 55.6 Å². The molecule has 1 heteroatoms. The zero-order valence-corrected chi connectivity index (χ0v) is 36.6. The average molecular weight is 830 g/mol. The van der Waals surface area contributed by atoms with Gasteiger partial charge in [-0.3, -0.25) is 0 Å². The monoisotopic (exact) mass is 829 g/mol. The molecule has 0 spiro atoms. The van der Waals surface area contributed by atoms with E-state index in [4.69, 9.17) is 0 Å². The SMILES string of the molecule is CC1(C)c2ccccc2-c2c(-c3ccccc3N(c3ccc4c(c3)C(c3ccccc3)(c3ccccc3)c3ccccc3-4)c3ccccc3-c3ccccc3-c3ccccc3)cccc21. The number of fused-ring (bicyclic) bond motifs is 6. The average Bonchev–Trinajstić information content (AvgIpc) is 3.80. The Hall–Kier alpha value is -8.00. The van der Waals surface area contributed by atoms with Crippen LogP contribution in [0.15, 0.2) is 249 Å². The van der Waals surface area contributed by atoms with E-state index in [0.717, 1.165) is 22.6 Å². The molecule has 0 aromatic heterocycles. The molecule has 0 atom stereocenters. The Kier molecular flexibility index (Phi) is 9.14. The lowest BCUT2D eigenvalue weighted by atomic mass is 9.67. The molecule has 0 amide bonds. The van der Waals surface area contributed by atoms with Crippen LogP contribution in [0.2, 0.25) is 0 Å². The molecule has 0 bridgehead atoms. The quantitative estimate of drug-likeness (QED) is 0.147. The molecule has 0 radical (unpaired) electrons. The van der Waals surface area contributed by atoms with Crippen LogP contribution in [0, 0.1) is 0 Å². The summed E-state index contributed by atoms with van der Waals surface area (Å²) in [5.74, 6) is 0. The Bertz CT molecular complexity index is 3360. The van der Waals surface area contributed by atoms with E-state index in [1.165, 1.54) is 83.5 Å². The summed E-state index contributed by atoms with van der Waals surface area (Å²) in [7, 11) is 0. The van der Waals surface area contributed by atoms with Crippen LogP contribution in [0.4, 0.5) is 17.1 Å². The molecule has 1 nitrogen and oxygen atoms in total. The summed E-state index contributed by atoms with van der Waals surface area (Å²) in [6, 6.07) is 92.1. The third kappa shape index (κ3) is 5.93. The largest absolute Gasteiger partial charge is 0.309 e. The van der Waals surface area contributed by atoms with E-state index in [-0.39, 0.29) is 5.41 Å². The number of hydrogen-bond donors (Lipinski definition) is 0. The summed E-state index contributed by atoms with van der Waals surface area (Å²) in [6.07, 6.45) is 0. The van der Waals surface area contributed by atoms with E-state index in [9.17, 15) is 0 Å². The number of nitrogens with zero attached hydrogens (tertiary/aromatic N) is 1. The minimum absolute atomic E-state index is 0.127. The van der Waals surface area contributed by atoms with Crippen molar-refractivity contribution >= 4 is 17.1 Å². The number of rotatable bonds is 8. The molecule has 0 heterocycles. The zero-order chi connectivity index (χ0) is 43.5. The third-order valence-corrected chi connectivity index (χ3v) is 14.2. The van der Waals surface area contributed by atoms with Crippen molar-refractivity contribution in [1.82, 2.24) is 0 Å². The van der Waals surface area contributed by atoms with E-state index in [0.29, 0.717) is 0 Å². The maximum absolute atomic E-state index is 2.54. The third-order valence-electron chi connectivity index (χ3n) is 14.2. The van der Waals surface area contributed by atoms with E-state index in [1.807, 2.05) is 0 Å². The normalized spacial score (nSPS) is 13.6. The molecule has 10 aromatic rings. The van der Waals surface area contributed by atoms with Gasteiger partial charge < -0.3 is 4.90 Å². The number of benzene rings is 10. The molecule has 2 aliphatic rings. The van der Waals surface area contributed by atoms with Crippen LogP contribution in [-0.2, 0) is 10.8 Å². The van der Waals surface area contributed by atoms with Gasteiger partial charge in [0.15, 0.2) is 0 Å². The highest BCUT2D eigenvalue weighted by molar-refractivity contribution is 6.01. The van der Waals surface area contributed by atoms with Crippen LogP contribution in [0.5, 0.6) is 0 Å². The van der Waals surface area contributed by atoms with Gasteiger partial charge in [0.1, 0.15) is 0 Å². The van der Waals surface area contributed by atoms with Gasteiger partial charge in [-0.1, -0.05) is 238 Å². The number of para-hydroxylation sites is 2. The summed E-state index contributed by atoms with van der Waals surface area (Å²) in [5.41, 5.74) is 22.8. The number of hydrogen-bond acceptors (Lipinski definition) is 1. The molecule has 0 N–H and O–H groups in total. The maximum Gasteiger partial charge on any atom is 0.0714 e. The molecule has 0 aliphatic heterocycles. The zero-order valence-electron chi connectivity index (χ0n) is 36.6. The first-order valence-electron chi connectivity index (χ1n) is 22.8.